The van der Waals surface area contributed by atoms with Gasteiger partial charge in [0.1, 0.15) is 6.67 Å². The zero-order valence-corrected chi connectivity index (χ0v) is 2.90. The lowest BCUT2D eigenvalue weighted by Gasteiger charge is -1.84. The summed E-state index contributed by atoms with van der Waals surface area (Å²) in [5, 5.41) is 8.88. The molecule has 0 aromatic carbocycles. The Morgan fingerprint density at radius 1 is 1.83 bits per heavy atom. The lowest BCUT2D eigenvalue weighted by atomic mass is 10.8. The number of halogens is 1. The fourth-order valence-electron chi connectivity index (χ4n) is 0. The van der Waals surface area contributed by atoms with E-state index in [-0.39, 0.29) is 5.48 Å². The van der Waals surface area contributed by atoms with Gasteiger partial charge in [0.2, 0.25) is 0 Å². The summed E-state index contributed by atoms with van der Waals surface area (Å²) < 4.78 is 10.5. The molecule has 0 aromatic rings. The van der Waals surface area contributed by atoms with E-state index in [0.29, 0.717) is 0 Å². The van der Waals surface area contributed by atoms with Crippen molar-refractivity contribution in [3.05, 3.63) is 0 Å². The van der Waals surface area contributed by atoms with E-state index < -0.39 is 12.6 Å². The van der Waals surface area contributed by atoms with Gasteiger partial charge in [0.15, 0.2) is 0 Å². The van der Waals surface area contributed by atoms with Crippen molar-refractivity contribution in [1.29, 1.82) is 0 Å². The quantitative estimate of drug-likeness (QED) is 0.373. The maximum absolute atomic E-state index is 10.5. The number of carbonyl (C=O) groups excluding carboxylic acids is 1. The van der Waals surface area contributed by atoms with E-state index in [2.05, 4.69) is 0 Å². The minimum atomic E-state index is -1.66. The number of carboxylic acid groups (broad SMARTS) is 1. The van der Waals surface area contributed by atoms with Crippen molar-refractivity contribution in [1.82, 2.24) is 0 Å². The summed E-state index contributed by atoms with van der Waals surface area (Å²) in [5.41, 5.74) is 0. The maximum atomic E-state index is 10.5. The topological polar surface area (TPSA) is 71.6 Å². The molecule has 0 radical (unpaired) electrons. The highest BCUT2D eigenvalue weighted by atomic mass is 19.1. The van der Waals surface area contributed by atoms with Crippen molar-refractivity contribution in [3.63, 3.8) is 0 Å². The Kier molecular flexibility index (Phi) is 6.56. The summed E-state index contributed by atoms with van der Waals surface area (Å²) in [6, 6.07) is 0. The van der Waals surface area contributed by atoms with Crippen LogP contribution < -0.4 is 5.11 Å². The molecule has 0 aliphatic rings. The molecule has 0 fully saturated rings. The minimum Gasteiger partial charge on any atom is -0.547 e. The summed E-state index contributed by atoms with van der Waals surface area (Å²) in [6.45, 7) is -1.39. The Hall–Kier alpha value is -0.640. The first-order valence-corrected chi connectivity index (χ1v) is 1.03. The predicted molar refractivity (Wildman–Crippen MR) is 14.6 cm³/mol. The van der Waals surface area contributed by atoms with Crippen LogP contribution in [-0.4, -0.2) is 18.1 Å². The molecule has 0 aliphatic heterocycles. The van der Waals surface area contributed by atoms with Crippen molar-refractivity contribution >= 4 is 5.97 Å². The number of aliphatic carboxylic acids is 1. The molecule has 6 heavy (non-hydrogen) atoms. The Morgan fingerprint density at radius 3 is 2.00 bits per heavy atom. The van der Waals surface area contributed by atoms with Crippen LogP contribution in [0.3, 0.4) is 0 Å². The molecule has 3 nitrogen and oxygen atoms in total. The molecular weight excluding hydrogens is 91.0 g/mol. The van der Waals surface area contributed by atoms with Crippen LogP contribution in [0.25, 0.3) is 0 Å². The molecule has 0 rings (SSSR count). The van der Waals surface area contributed by atoms with Crippen molar-refractivity contribution in [2.75, 3.05) is 6.67 Å². The molecule has 0 unspecified atom stereocenters. The molecule has 0 saturated carbocycles. The monoisotopic (exact) mass is 95.0 g/mol. The molecule has 0 aromatic heterocycles. The van der Waals surface area contributed by atoms with Gasteiger partial charge in [-0.2, -0.15) is 0 Å². The summed E-state index contributed by atoms with van der Waals surface area (Å²) in [4.78, 5) is 8.88. The molecule has 0 bridgehead atoms. The second-order valence-electron chi connectivity index (χ2n) is 0.506. The van der Waals surface area contributed by atoms with E-state index in [4.69, 9.17) is 9.90 Å². The summed E-state index contributed by atoms with van der Waals surface area (Å²) in [5.74, 6) is -1.66. The van der Waals surface area contributed by atoms with Gasteiger partial charge in [0, 0.05) is 0 Å². The van der Waals surface area contributed by atoms with Crippen molar-refractivity contribution in [3.8, 4) is 0 Å². The van der Waals surface area contributed by atoms with E-state index in [0.717, 1.165) is 0 Å². The average Bonchev–Trinajstić information content (AvgIpc) is 1.38. The van der Waals surface area contributed by atoms with Gasteiger partial charge < -0.3 is 15.4 Å². The molecular formula is C2H4FO3-. The minimum absolute atomic E-state index is 0. The van der Waals surface area contributed by atoms with Gasteiger partial charge in [-0.1, -0.05) is 0 Å². The lowest BCUT2D eigenvalue weighted by molar-refractivity contribution is -0.306. The second-order valence-corrected chi connectivity index (χ2v) is 0.506. The third-order valence-electron chi connectivity index (χ3n) is 0.109. The molecule has 0 atom stereocenters. The van der Waals surface area contributed by atoms with Crippen LogP contribution in [0.1, 0.15) is 0 Å². The number of hydrogen-bond donors (Lipinski definition) is 0. The number of rotatable bonds is 1. The van der Waals surface area contributed by atoms with Gasteiger partial charge in [-0.3, -0.25) is 0 Å². The van der Waals surface area contributed by atoms with Crippen LogP contribution in [0.15, 0.2) is 0 Å². The van der Waals surface area contributed by atoms with Gasteiger partial charge in [-0.25, -0.2) is 4.39 Å². The van der Waals surface area contributed by atoms with Crippen LogP contribution in [0, 0.1) is 0 Å². The Morgan fingerprint density at radius 2 is 2.00 bits per heavy atom. The number of carboxylic acids is 1. The maximum Gasteiger partial charge on any atom is 0.129 e. The van der Waals surface area contributed by atoms with Gasteiger partial charge in [0.25, 0.3) is 0 Å². The van der Waals surface area contributed by atoms with E-state index >= 15 is 0 Å². The molecule has 0 amide bonds. The second kappa shape index (κ2) is 4.36. The molecule has 2 N–H and O–H groups in total. The van der Waals surface area contributed by atoms with E-state index in [9.17, 15) is 4.39 Å². The van der Waals surface area contributed by atoms with E-state index in [1.807, 2.05) is 0 Å². The van der Waals surface area contributed by atoms with Crippen molar-refractivity contribution < 1.29 is 19.8 Å². The van der Waals surface area contributed by atoms with Crippen molar-refractivity contribution in [2.45, 2.75) is 0 Å². The number of carbonyl (C=O) groups is 1. The van der Waals surface area contributed by atoms with Gasteiger partial charge in [-0.15, -0.1) is 0 Å². The number of hydrogen-bond acceptors (Lipinski definition) is 2. The van der Waals surface area contributed by atoms with E-state index in [1.54, 1.807) is 0 Å². The van der Waals surface area contributed by atoms with Gasteiger partial charge in [-0.05, 0) is 0 Å². The fourth-order valence-corrected chi connectivity index (χ4v) is 0. The highest BCUT2D eigenvalue weighted by Crippen LogP contribution is 1.54. The molecule has 4 heteroatoms. The zero-order valence-electron chi connectivity index (χ0n) is 2.90. The zero-order chi connectivity index (χ0) is 4.28. The molecule has 0 spiro atoms. The molecule has 0 aliphatic carbocycles. The smallest absolute Gasteiger partial charge is 0.129 e. The standard InChI is InChI=1S/C2H3FO2.H2O/c3-1-2(4)5;/h1H2,(H,4,5);1H2/p-1. The van der Waals surface area contributed by atoms with Crippen LogP contribution in [0.2, 0.25) is 0 Å². The average molecular weight is 95.0 g/mol. The Bertz CT molecular complexity index is 44.1. The highest BCUT2D eigenvalue weighted by Gasteiger charge is 1.70. The Balaban J connectivity index is 0. The SMILES string of the molecule is O.O=C([O-])CF. The first-order valence-electron chi connectivity index (χ1n) is 1.03. The normalized spacial score (nSPS) is 6.17. The lowest BCUT2D eigenvalue weighted by Crippen LogP contribution is -2.23. The van der Waals surface area contributed by atoms with Crippen LogP contribution in [0.5, 0.6) is 0 Å². The predicted octanol–water partition coefficient (Wildman–Crippen LogP) is -2.12. The summed E-state index contributed by atoms with van der Waals surface area (Å²) >= 11 is 0. The molecule has 38 valence electrons. The molecule has 0 heterocycles. The van der Waals surface area contributed by atoms with Crippen LogP contribution >= 0.6 is 0 Å². The first kappa shape index (κ1) is 9.03. The first-order chi connectivity index (χ1) is 2.27. The third kappa shape index (κ3) is 10.1. The molecule has 0 saturated heterocycles. The number of alkyl halides is 1. The van der Waals surface area contributed by atoms with Gasteiger partial charge in [0.05, 0.1) is 5.97 Å². The van der Waals surface area contributed by atoms with Crippen molar-refractivity contribution in [2.24, 2.45) is 0 Å². The van der Waals surface area contributed by atoms with E-state index in [1.165, 1.54) is 0 Å². The van der Waals surface area contributed by atoms with Crippen LogP contribution in [0.4, 0.5) is 4.39 Å². The Labute approximate surface area is 33.7 Å². The summed E-state index contributed by atoms with van der Waals surface area (Å²) in [7, 11) is 0. The summed E-state index contributed by atoms with van der Waals surface area (Å²) in [6.07, 6.45) is 0. The fraction of sp³-hybridized carbons (Fsp3) is 0.500. The van der Waals surface area contributed by atoms with Crippen LogP contribution in [-0.2, 0) is 4.79 Å². The highest BCUT2D eigenvalue weighted by molar-refractivity contribution is 5.65. The third-order valence-corrected chi connectivity index (χ3v) is 0.109. The van der Waals surface area contributed by atoms with Gasteiger partial charge >= 0.3 is 0 Å². The largest absolute Gasteiger partial charge is 0.547 e.